The van der Waals surface area contributed by atoms with Crippen molar-refractivity contribution in [3.05, 3.63) is 53.7 Å². The average Bonchev–Trinajstić information content (AvgIpc) is 3.10. The molecule has 4 rings (SSSR count). The second-order valence-electron chi connectivity index (χ2n) is 7.09. The first-order valence-corrected chi connectivity index (χ1v) is 11.0. The summed E-state index contributed by atoms with van der Waals surface area (Å²) < 4.78 is 29.8. The summed E-state index contributed by atoms with van der Waals surface area (Å²) in [5.74, 6) is -0.587. The van der Waals surface area contributed by atoms with Crippen molar-refractivity contribution >= 4 is 51.1 Å². The van der Waals surface area contributed by atoms with Crippen molar-refractivity contribution in [3.63, 3.8) is 0 Å². The zero-order chi connectivity index (χ0) is 21.6. The van der Waals surface area contributed by atoms with Crippen LogP contribution >= 0.6 is 0 Å². The standard InChI is InChI=1S/C22H19BN2O4S/c1-4-30(27,28)14-7-5-6-13(9-14)18-19-15-8-12(2)11-24-21(15)25-17(19)10-16(20(18)23)22(26)29-3/h5-11H,4H2,1-3H3,(H,24,25). The molecular formula is C22H19BN2O4S. The summed E-state index contributed by atoms with van der Waals surface area (Å²) in [6.07, 6.45) is 1.75. The summed E-state index contributed by atoms with van der Waals surface area (Å²) in [4.78, 5) is 20.2. The van der Waals surface area contributed by atoms with Crippen molar-refractivity contribution in [1.29, 1.82) is 0 Å². The first-order chi connectivity index (χ1) is 14.3. The molecule has 0 bridgehead atoms. The molecule has 0 saturated heterocycles. The molecule has 0 unspecified atom stereocenters. The van der Waals surface area contributed by atoms with Gasteiger partial charge < -0.3 is 9.72 Å². The SMILES string of the molecule is [B]c1c(C(=O)OC)cc2[nH]c3ncc(C)cc3c2c1-c1cccc(S(=O)(=O)CC)c1. The molecule has 4 aromatic rings. The molecule has 0 aliphatic rings. The van der Waals surface area contributed by atoms with E-state index in [-0.39, 0.29) is 21.7 Å². The fraction of sp³-hybridized carbons (Fsp3) is 0.182. The molecular weight excluding hydrogens is 399 g/mol. The summed E-state index contributed by atoms with van der Waals surface area (Å²) in [7, 11) is 4.33. The second-order valence-corrected chi connectivity index (χ2v) is 9.37. The zero-order valence-electron chi connectivity index (χ0n) is 16.8. The highest BCUT2D eigenvalue weighted by molar-refractivity contribution is 7.91. The van der Waals surface area contributed by atoms with Crippen LogP contribution in [0.15, 0.2) is 47.5 Å². The van der Waals surface area contributed by atoms with Crippen LogP contribution in [-0.4, -0.2) is 45.1 Å². The number of aromatic nitrogens is 2. The number of methoxy groups -OCH3 is 1. The van der Waals surface area contributed by atoms with Gasteiger partial charge in [0.05, 0.1) is 23.3 Å². The topological polar surface area (TPSA) is 89.1 Å². The number of esters is 1. The van der Waals surface area contributed by atoms with Gasteiger partial charge in [0.25, 0.3) is 0 Å². The van der Waals surface area contributed by atoms with Crippen molar-refractivity contribution < 1.29 is 17.9 Å². The minimum absolute atomic E-state index is 0.0141. The number of sulfone groups is 1. The number of fused-ring (bicyclic) bond motifs is 3. The molecule has 2 aromatic heterocycles. The number of rotatable bonds is 4. The average molecular weight is 418 g/mol. The van der Waals surface area contributed by atoms with Gasteiger partial charge in [0, 0.05) is 22.5 Å². The zero-order valence-corrected chi connectivity index (χ0v) is 17.6. The lowest BCUT2D eigenvalue weighted by atomic mass is 9.80. The van der Waals surface area contributed by atoms with E-state index < -0.39 is 15.8 Å². The van der Waals surface area contributed by atoms with Crippen LogP contribution < -0.4 is 5.46 Å². The number of hydrogen-bond acceptors (Lipinski definition) is 5. The maximum atomic E-state index is 12.4. The molecule has 0 spiro atoms. The molecule has 0 atom stereocenters. The monoisotopic (exact) mass is 418 g/mol. The Bertz CT molecular complexity index is 1420. The van der Waals surface area contributed by atoms with Gasteiger partial charge in [-0.25, -0.2) is 18.2 Å². The predicted molar refractivity (Wildman–Crippen MR) is 118 cm³/mol. The van der Waals surface area contributed by atoms with Crippen molar-refractivity contribution in [2.45, 2.75) is 18.7 Å². The Hall–Kier alpha value is -3.13. The van der Waals surface area contributed by atoms with Crippen LogP contribution in [0.2, 0.25) is 0 Å². The minimum atomic E-state index is -3.41. The molecule has 0 aliphatic heterocycles. The fourth-order valence-corrected chi connectivity index (χ4v) is 4.58. The van der Waals surface area contributed by atoms with Crippen molar-refractivity contribution in [2.24, 2.45) is 0 Å². The normalized spacial score (nSPS) is 11.8. The maximum absolute atomic E-state index is 12.4. The molecule has 2 heterocycles. The quantitative estimate of drug-likeness (QED) is 0.407. The highest BCUT2D eigenvalue weighted by Crippen LogP contribution is 2.35. The van der Waals surface area contributed by atoms with Crippen LogP contribution in [0.5, 0.6) is 0 Å². The van der Waals surface area contributed by atoms with Crippen LogP contribution in [0.1, 0.15) is 22.8 Å². The van der Waals surface area contributed by atoms with Gasteiger partial charge in [0.2, 0.25) is 0 Å². The number of carbonyl (C=O) groups is 1. The van der Waals surface area contributed by atoms with Gasteiger partial charge in [0.1, 0.15) is 13.5 Å². The molecule has 0 fully saturated rings. The van der Waals surface area contributed by atoms with Gasteiger partial charge in [-0.05, 0) is 47.9 Å². The lowest BCUT2D eigenvalue weighted by Crippen LogP contribution is -2.20. The van der Waals surface area contributed by atoms with Crippen LogP contribution in [0.3, 0.4) is 0 Å². The van der Waals surface area contributed by atoms with Crippen molar-refractivity contribution in [2.75, 3.05) is 12.9 Å². The van der Waals surface area contributed by atoms with Gasteiger partial charge >= 0.3 is 5.97 Å². The van der Waals surface area contributed by atoms with Crippen molar-refractivity contribution in [3.8, 4) is 11.1 Å². The smallest absolute Gasteiger partial charge is 0.337 e. The Morgan fingerprint density at radius 3 is 2.70 bits per heavy atom. The predicted octanol–water partition coefficient (Wildman–Crippen LogP) is 3.07. The van der Waals surface area contributed by atoms with E-state index in [4.69, 9.17) is 12.6 Å². The summed E-state index contributed by atoms with van der Waals surface area (Å²) in [6, 6.07) is 10.2. The van der Waals surface area contributed by atoms with E-state index >= 15 is 0 Å². The number of nitrogens with one attached hydrogen (secondary N) is 1. The molecule has 150 valence electrons. The highest BCUT2D eigenvalue weighted by atomic mass is 32.2. The molecule has 0 aliphatic carbocycles. The maximum Gasteiger partial charge on any atom is 0.337 e. The van der Waals surface area contributed by atoms with Gasteiger partial charge in [0.15, 0.2) is 9.84 Å². The lowest BCUT2D eigenvalue weighted by molar-refractivity contribution is 0.0602. The number of carbonyl (C=O) groups excluding carboxylic acids is 1. The Balaban J connectivity index is 2.16. The van der Waals surface area contributed by atoms with Crippen LogP contribution in [0, 0.1) is 6.92 Å². The number of H-pyrrole nitrogens is 1. The molecule has 8 heteroatoms. The first-order valence-electron chi connectivity index (χ1n) is 9.38. The highest BCUT2D eigenvalue weighted by Gasteiger charge is 2.21. The number of aromatic amines is 1. The molecule has 2 radical (unpaired) electrons. The third kappa shape index (κ3) is 3.17. The Kier molecular flexibility index (Phi) is 4.90. The van der Waals surface area contributed by atoms with Crippen LogP contribution in [0.4, 0.5) is 0 Å². The van der Waals surface area contributed by atoms with E-state index in [0.29, 0.717) is 22.3 Å². The van der Waals surface area contributed by atoms with Crippen LogP contribution in [-0.2, 0) is 14.6 Å². The summed E-state index contributed by atoms with van der Waals surface area (Å²) in [5, 5.41) is 1.62. The number of nitrogens with zero attached hydrogens (tertiary/aromatic N) is 1. The third-order valence-electron chi connectivity index (χ3n) is 5.18. The first kappa shape index (κ1) is 20.2. The summed E-state index contributed by atoms with van der Waals surface area (Å²) >= 11 is 0. The Morgan fingerprint density at radius 2 is 2.00 bits per heavy atom. The van der Waals surface area contributed by atoms with E-state index in [9.17, 15) is 13.2 Å². The van der Waals surface area contributed by atoms with Crippen LogP contribution in [0.25, 0.3) is 33.1 Å². The Labute approximate surface area is 175 Å². The van der Waals surface area contributed by atoms with E-state index in [1.165, 1.54) is 7.11 Å². The second kappa shape index (κ2) is 7.29. The number of pyridine rings is 1. The molecule has 1 N–H and O–H groups in total. The van der Waals surface area contributed by atoms with Gasteiger partial charge in [-0.15, -0.1) is 0 Å². The number of hydrogen-bond donors (Lipinski definition) is 1. The molecule has 0 saturated carbocycles. The minimum Gasteiger partial charge on any atom is -0.465 e. The molecule has 2 aromatic carbocycles. The lowest BCUT2D eigenvalue weighted by Gasteiger charge is -2.14. The largest absolute Gasteiger partial charge is 0.465 e. The van der Waals surface area contributed by atoms with E-state index in [2.05, 4.69) is 9.97 Å². The van der Waals surface area contributed by atoms with Gasteiger partial charge in [-0.1, -0.05) is 24.5 Å². The third-order valence-corrected chi connectivity index (χ3v) is 6.91. The van der Waals surface area contributed by atoms with Gasteiger partial charge in [-0.3, -0.25) is 0 Å². The fourth-order valence-electron chi connectivity index (χ4n) is 3.65. The Morgan fingerprint density at radius 1 is 1.23 bits per heavy atom. The van der Waals surface area contributed by atoms with E-state index in [1.807, 2.05) is 13.0 Å². The van der Waals surface area contributed by atoms with Gasteiger partial charge in [-0.2, -0.15) is 0 Å². The molecule has 6 nitrogen and oxygen atoms in total. The summed E-state index contributed by atoms with van der Waals surface area (Å²) in [6.45, 7) is 3.53. The summed E-state index contributed by atoms with van der Waals surface area (Å²) in [5.41, 5.74) is 3.87. The molecule has 0 amide bonds. The van der Waals surface area contributed by atoms with E-state index in [1.54, 1.807) is 43.5 Å². The molecule has 30 heavy (non-hydrogen) atoms. The number of benzene rings is 2. The van der Waals surface area contributed by atoms with Crippen molar-refractivity contribution in [1.82, 2.24) is 9.97 Å². The number of aryl methyl sites for hydroxylation is 1. The number of ether oxygens (including phenoxy) is 1. The van der Waals surface area contributed by atoms with E-state index in [0.717, 1.165) is 16.3 Å².